The van der Waals surface area contributed by atoms with Gasteiger partial charge in [-0.05, 0) is 24.6 Å². The van der Waals surface area contributed by atoms with Crippen LogP contribution in [-0.2, 0) is 0 Å². The van der Waals surface area contributed by atoms with Crippen molar-refractivity contribution in [1.29, 1.82) is 0 Å². The summed E-state index contributed by atoms with van der Waals surface area (Å²) in [5.41, 5.74) is 1.48. The van der Waals surface area contributed by atoms with E-state index in [1.165, 1.54) is 0 Å². The summed E-state index contributed by atoms with van der Waals surface area (Å²) in [7, 11) is 3.08. The van der Waals surface area contributed by atoms with E-state index in [4.69, 9.17) is 9.47 Å². The second-order valence-electron chi connectivity index (χ2n) is 3.10. The van der Waals surface area contributed by atoms with Gasteiger partial charge >= 0.3 is 0 Å². The van der Waals surface area contributed by atoms with Crippen LogP contribution in [0.4, 0.5) is 0 Å². The Morgan fingerprint density at radius 2 is 1.73 bits per heavy atom. The number of methoxy groups -OCH3 is 2. The smallest absolute Gasteiger partial charge is 0.180 e. The number of ether oxygens (including phenoxy) is 2. The zero-order valence-electron chi connectivity index (χ0n) is 8.96. The van der Waals surface area contributed by atoms with Crippen LogP contribution in [0.3, 0.4) is 0 Å². The highest BCUT2D eigenvalue weighted by molar-refractivity contribution is 9.09. The van der Waals surface area contributed by atoms with Gasteiger partial charge in [0.15, 0.2) is 5.78 Å². The summed E-state index contributed by atoms with van der Waals surface area (Å²) < 4.78 is 10.3. The monoisotopic (exact) mass is 272 g/mol. The minimum Gasteiger partial charge on any atom is -0.496 e. The first kappa shape index (κ1) is 12.0. The summed E-state index contributed by atoms with van der Waals surface area (Å²) in [6, 6.07) is 3.64. The number of hydrogen-bond donors (Lipinski definition) is 0. The second-order valence-corrected chi connectivity index (χ2v) is 3.66. The number of carbonyl (C=O) groups is 1. The maximum atomic E-state index is 11.7. The Labute approximate surface area is 97.5 Å². The van der Waals surface area contributed by atoms with Crippen molar-refractivity contribution in [2.24, 2.45) is 0 Å². The number of benzene rings is 1. The third-order valence-electron chi connectivity index (χ3n) is 2.05. The van der Waals surface area contributed by atoms with Crippen LogP contribution in [0, 0.1) is 6.92 Å². The van der Waals surface area contributed by atoms with Crippen LogP contribution in [0.2, 0.25) is 0 Å². The minimum absolute atomic E-state index is 0.0521. The molecule has 1 aromatic carbocycles. The van der Waals surface area contributed by atoms with Crippen molar-refractivity contribution in [1.82, 2.24) is 0 Å². The summed E-state index contributed by atoms with van der Waals surface area (Å²) in [4.78, 5) is 11.7. The summed E-state index contributed by atoms with van der Waals surface area (Å²) >= 11 is 3.14. The molecule has 0 aliphatic carbocycles. The van der Waals surface area contributed by atoms with Gasteiger partial charge in [-0.3, -0.25) is 4.79 Å². The van der Waals surface area contributed by atoms with E-state index in [2.05, 4.69) is 15.9 Å². The van der Waals surface area contributed by atoms with Crippen LogP contribution < -0.4 is 9.47 Å². The molecule has 15 heavy (non-hydrogen) atoms. The van der Waals surface area contributed by atoms with Crippen molar-refractivity contribution in [3.05, 3.63) is 23.3 Å². The molecule has 0 heterocycles. The van der Waals surface area contributed by atoms with Gasteiger partial charge in [0, 0.05) is 0 Å². The van der Waals surface area contributed by atoms with Gasteiger partial charge in [-0.2, -0.15) is 0 Å². The highest BCUT2D eigenvalue weighted by atomic mass is 79.9. The summed E-state index contributed by atoms with van der Waals surface area (Å²) in [6.45, 7) is 1.92. The minimum atomic E-state index is -0.0521. The molecule has 0 radical (unpaired) electrons. The number of aryl methyl sites for hydroxylation is 1. The predicted octanol–water partition coefficient (Wildman–Crippen LogP) is 2.59. The number of hydrogen-bond acceptors (Lipinski definition) is 3. The number of alkyl halides is 1. The first-order chi connectivity index (χ1) is 7.13. The van der Waals surface area contributed by atoms with Gasteiger partial charge < -0.3 is 9.47 Å². The Morgan fingerprint density at radius 3 is 2.07 bits per heavy atom. The van der Waals surface area contributed by atoms with Gasteiger partial charge in [-0.25, -0.2) is 0 Å². The number of rotatable bonds is 4. The van der Waals surface area contributed by atoms with Crippen LogP contribution in [0.25, 0.3) is 0 Å². The van der Waals surface area contributed by atoms with E-state index >= 15 is 0 Å². The molecule has 82 valence electrons. The van der Waals surface area contributed by atoms with E-state index in [-0.39, 0.29) is 11.1 Å². The predicted molar refractivity (Wildman–Crippen MR) is 62.4 cm³/mol. The van der Waals surface area contributed by atoms with E-state index < -0.39 is 0 Å². The van der Waals surface area contributed by atoms with Crippen molar-refractivity contribution in [2.45, 2.75) is 6.92 Å². The van der Waals surface area contributed by atoms with Crippen molar-refractivity contribution in [2.75, 3.05) is 19.5 Å². The molecule has 0 amide bonds. The third kappa shape index (κ3) is 2.50. The van der Waals surface area contributed by atoms with Crippen LogP contribution in [0.15, 0.2) is 12.1 Å². The maximum absolute atomic E-state index is 11.7. The van der Waals surface area contributed by atoms with E-state index in [1.807, 2.05) is 19.1 Å². The fourth-order valence-corrected chi connectivity index (χ4v) is 1.66. The van der Waals surface area contributed by atoms with E-state index in [1.54, 1.807) is 14.2 Å². The lowest BCUT2D eigenvalue weighted by Crippen LogP contribution is -2.06. The lowest BCUT2D eigenvalue weighted by atomic mass is 10.1. The van der Waals surface area contributed by atoms with Gasteiger partial charge in [-0.15, -0.1) is 0 Å². The van der Waals surface area contributed by atoms with Crippen molar-refractivity contribution in [3.63, 3.8) is 0 Å². The molecule has 0 unspecified atom stereocenters. The molecule has 3 nitrogen and oxygen atoms in total. The number of halogens is 1. The Balaban J connectivity index is 3.36. The molecule has 0 saturated heterocycles. The fraction of sp³-hybridized carbons (Fsp3) is 0.364. The topological polar surface area (TPSA) is 35.5 Å². The molecular weight excluding hydrogens is 260 g/mol. The zero-order chi connectivity index (χ0) is 11.4. The fourth-order valence-electron chi connectivity index (χ4n) is 1.38. The molecule has 0 aromatic heterocycles. The Bertz CT molecular complexity index is 349. The lowest BCUT2D eigenvalue weighted by Gasteiger charge is -2.12. The number of ketones is 1. The van der Waals surface area contributed by atoms with Crippen LogP contribution in [0.5, 0.6) is 11.5 Å². The highest BCUT2D eigenvalue weighted by Crippen LogP contribution is 2.31. The molecular formula is C11H13BrO3. The van der Waals surface area contributed by atoms with E-state index in [9.17, 15) is 4.79 Å². The van der Waals surface area contributed by atoms with Gasteiger partial charge in [0.1, 0.15) is 17.1 Å². The normalized spacial score (nSPS) is 9.87. The molecule has 0 bridgehead atoms. The molecule has 0 atom stereocenters. The molecule has 0 fully saturated rings. The first-order valence-corrected chi connectivity index (χ1v) is 5.58. The Morgan fingerprint density at radius 1 is 1.27 bits per heavy atom. The van der Waals surface area contributed by atoms with Crippen LogP contribution in [-0.4, -0.2) is 25.3 Å². The molecule has 1 aromatic rings. The molecule has 0 N–H and O–H groups in total. The summed E-state index contributed by atoms with van der Waals surface area (Å²) in [5, 5.41) is 0.253. The van der Waals surface area contributed by atoms with Gasteiger partial charge in [-0.1, -0.05) is 15.9 Å². The molecule has 0 aliphatic rings. The average Bonchev–Trinajstić information content (AvgIpc) is 2.26. The third-order valence-corrected chi connectivity index (χ3v) is 2.56. The van der Waals surface area contributed by atoms with Crippen molar-refractivity contribution in [3.8, 4) is 11.5 Å². The molecule has 1 rings (SSSR count). The van der Waals surface area contributed by atoms with Gasteiger partial charge in [0.05, 0.1) is 19.5 Å². The molecule has 0 aliphatic heterocycles. The average molecular weight is 273 g/mol. The molecule has 0 spiro atoms. The Hall–Kier alpha value is -1.03. The summed E-state index contributed by atoms with van der Waals surface area (Å²) in [6.07, 6.45) is 0. The molecule has 4 heteroatoms. The number of carbonyl (C=O) groups excluding carboxylic acids is 1. The van der Waals surface area contributed by atoms with Crippen LogP contribution >= 0.6 is 15.9 Å². The summed E-state index contributed by atoms with van der Waals surface area (Å²) in [5.74, 6) is 1.05. The maximum Gasteiger partial charge on any atom is 0.180 e. The van der Waals surface area contributed by atoms with Crippen molar-refractivity contribution < 1.29 is 14.3 Å². The van der Waals surface area contributed by atoms with Crippen molar-refractivity contribution >= 4 is 21.7 Å². The number of Topliss-reactive ketones (excluding diaryl/α,β-unsaturated/α-hetero) is 1. The van der Waals surface area contributed by atoms with Gasteiger partial charge in [0.2, 0.25) is 0 Å². The largest absolute Gasteiger partial charge is 0.496 e. The molecule has 0 saturated carbocycles. The SMILES string of the molecule is COc1cc(C)cc(OC)c1C(=O)CBr. The van der Waals surface area contributed by atoms with E-state index in [0.717, 1.165) is 5.56 Å². The quantitative estimate of drug-likeness (QED) is 0.624. The second kappa shape index (κ2) is 5.16. The standard InChI is InChI=1S/C11H13BrO3/c1-7-4-9(14-2)11(8(13)6-12)10(5-7)15-3/h4-5H,6H2,1-3H3. The Kier molecular flexibility index (Phi) is 4.15. The lowest BCUT2D eigenvalue weighted by molar-refractivity contribution is 0.101. The highest BCUT2D eigenvalue weighted by Gasteiger charge is 2.17. The van der Waals surface area contributed by atoms with Gasteiger partial charge in [0.25, 0.3) is 0 Å². The zero-order valence-corrected chi connectivity index (χ0v) is 10.6. The van der Waals surface area contributed by atoms with E-state index in [0.29, 0.717) is 17.1 Å². The first-order valence-electron chi connectivity index (χ1n) is 4.45. The van der Waals surface area contributed by atoms with Crippen LogP contribution in [0.1, 0.15) is 15.9 Å².